The summed E-state index contributed by atoms with van der Waals surface area (Å²) >= 11 is 6.78. The Labute approximate surface area is 84.6 Å². The molecule has 0 saturated carbocycles. The molecule has 70 valence electrons. The number of hydrogen-bond donors (Lipinski definition) is 0. The number of halogens is 1. The third kappa shape index (κ3) is 3.61. The lowest BCUT2D eigenvalue weighted by Gasteiger charge is -1.97. The predicted molar refractivity (Wildman–Crippen MR) is 49.8 cm³/mol. The van der Waals surface area contributed by atoms with E-state index in [2.05, 4.69) is 14.9 Å². The van der Waals surface area contributed by atoms with E-state index in [1.54, 1.807) is 12.1 Å². The Morgan fingerprint density at radius 2 is 2.38 bits per heavy atom. The second-order valence-corrected chi connectivity index (χ2v) is 3.44. The van der Waals surface area contributed by atoms with Crippen molar-refractivity contribution in [2.24, 2.45) is 0 Å². The summed E-state index contributed by atoms with van der Waals surface area (Å²) in [5.41, 5.74) is 0. The summed E-state index contributed by atoms with van der Waals surface area (Å²) in [5.74, 6) is -0.0611. The van der Waals surface area contributed by atoms with E-state index in [0.717, 1.165) is 0 Å². The highest BCUT2D eigenvalue weighted by molar-refractivity contribution is 7.99. The van der Waals surface area contributed by atoms with E-state index in [0.29, 0.717) is 10.2 Å². The highest BCUT2D eigenvalue weighted by atomic mass is 35.5. The highest BCUT2D eigenvalue weighted by Gasteiger charge is 2.02. The van der Waals surface area contributed by atoms with Gasteiger partial charge in [-0.1, -0.05) is 23.4 Å². The van der Waals surface area contributed by atoms with Gasteiger partial charge >= 0.3 is 5.97 Å². The molecule has 1 rings (SSSR count). The Balaban J connectivity index is 2.46. The lowest BCUT2D eigenvalue weighted by atomic mass is 10.6. The van der Waals surface area contributed by atoms with Crippen LogP contribution in [0.5, 0.6) is 0 Å². The predicted octanol–water partition coefficient (Wildman–Crippen LogP) is 1.40. The van der Waals surface area contributed by atoms with Crippen molar-refractivity contribution in [1.82, 2.24) is 10.2 Å². The molecule has 6 heteroatoms. The van der Waals surface area contributed by atoms with Crippen LogP contribution < -0.4 is 0 Å². The molecule has 0 aliphatic rings. The zero-order valence-corrected chi connectivity index (χ0v) is 8.43. The van der Waals surface area contributed by atoms with Gasteiger partial charge < -0.3 is 4.74 Å². The number of ether oxygens (including phenoxy) is 1. The Morgan fingerprint density at radius 3 is 2.92 bits per heavy atom. The minimum Gasteiger partial charge on any atom is -0.468 e. The van der Waals surface area contributed by atoms with Crippen LogP contribution in [-0.2, 0) is 9.53 Å². The molecule has 1 aromatic rings. The van der Waals surface area contributed by atoms with Crippen LogP contribution in [0.25, 0.3) is 0 Å². The van der Waals surface area contributed by atoms with Gasteiger partial charge in [0.05, 0.1) is 12.9 Å². The van der Waals surface area contributed by atoms with E-state index < -0.39 is 0 Å². The van der Waals surface area contributed by atoms with Crippen molar-refractivity contribution in [3.63, 3.8) is 0 Å². The van der Waals surface area contributed by atoms with Gasteiger partial charge in [0.2, 0.25) is 0 Å². The van der Waals surface area contributed by atoms with Crippen LogP contribution in [0, 0.1) is 0 Å². The standard InChI is InChI=1S/C7H7ClN2O2S/c1-12-7(11)4-13-6-3-2-5(8)9-10-6/h2-3H,4H2,1H3. The first-order valence-electron chi connectivity index (χ1n) is 3.41. The molecular formula is C7H7ClN2O2S. The molecule has 0 N–H and O–H groups in total. The molecule has 0 bridgehead atoms. The van der Waals surface area contributed by atoms with Gasteiger partial charge in [-0.25, -0.2) is 0 Å². The molecule has 0 atom stereocenters. The first-order chi connectivity index (χ1) is 6.22. The third-order valence-electron chi connectivity index (χ3n) is 1.17. The summed E-state index contributed by atoms with van der Waals surface area (Å²) in [5, 5.41) is 8.37. The number of thioether (sulfide) groups is 1. The van der Waals surface area contributed by atoms with Crippen LogP contribution >= 0.6 is 23.4 Å². The maximum absolute atomic E-state index is 10.7. The molecular weight excluding hydrogens is 212 g/mol. The number of aromatic nitrogens is 2. The molecule has 0 aliphatic heterocycles. The Kier molecular flexibility index (Phi) is 3.98. The largest absolute Gasteiger partial charge is 0.468 e. The van der Waals surface area contributed by atoms with Gasteiger partial charge in [0.25, 0.3) is 0 Å². The Hall–Kier alpha value is -0.810. The average Bonchev–Trinajstić information content (AvgIpc) is 2.16. The van der Waals surface area contributed by atoms with Crippen LogP contribution in [0.3, 0.4) is 0 Å². The fourth-order valence-corrected chi connectivity index (χ4v) is 1.32. The van der Waals surface area contributed by atoms with E-state index in [-0.39, 0.29) is 11.7 Å². The smallest absolute Gasteiger partial charge is 0.316 e. The van der Waals surface area contributed by atoms with Crippen LogP contribution in [0.1, 0.15) is 0 Å². The van der Waals surface area contributed by atoms with Gasteiger partial charge in [-0.05, 0) is 12.1 Å². The quantitative estimate of drug-likeness (QED) is 0.567. The summed E-state index contributed by atoms with van der Waals surface area (Å²) in [6.45, 7) is 0. The van der Waals surface area contributed by atoms with Crippen molar-refractivity contribution >= 4 is 29.3 Å². The number of hydrogen-bond acceptors (Lipinski definition) is 5. The second-order valence-electron chi connectivity index (χ2n) is 2.06. The molecule has 13 heavy (non-hydrogen) atoms. The molecule has 0 aromatic carbocycles. The molecule has 0 amide bonds. The first kappa shape index (κ1) is 10.3. The van der Waals surface area contributed by atoms with E-state index in [1.807, 2.05) is 0 Å². The zero-order valence-electron chi connectivity index (χ0n) is 6.86. The summed E-state index contributed by atoms with van der Waals surface area (Å²) < 4.78 is 4.46. The van der Waals surface area contributed by atoms with Crippen molar-refractivity contribution in [3.05, 3.63) is 17.3 Å². The number of methoxy groups -OCH3 is 1. The van der Waals surface area contributed by atoms with Crippen LogP contribution in [0.2, 0.25) is 5.15 Å². The van der Waals surface area contributed by atoms with Gasteiger partial charge in [-0.2, -0.15) is 0 Å². The van der Waals surface area contributed by atoms with Gasteiger partial charge in [0.15, 0.2) is 5.15 Å². The van der Waals surface area contributed by atoms with E-state index in [9.17, 15) is 4.79 Å². The van der Waals surface area contributed by atoms with Crippen molar-refractivity contribution < 1.29 is 9.53 Å². The Morgan fingerprint density at radius 1 is 1.62 bits per heavy atom. The number of rotatable bonds is 3. The number of carbonyl (C=O) groups is 1. The Bertz CT molecular complexity index is 291. The SMILES string of the molecule is COC(=O)CSc1ccc(Cl)nn1. The molecule has 1 aromatic heterocycles. The monoisotopic (exact) mass is 218 g/mol. The van der Waals surface area contributed by atoms with Crippen LogP contribution in [0.4, 0.5) is 0 Å². The molecule has 0 radical (unpaired) electrons. The molecule has 0 spiro atoms. The second kappa shape index (κ2) is 5.04. The maximum Gasteiger partial charge on any atom is 0.316 e. The van der Waals surface area contributed by atoms with Crippen LogP contribution in [0.15, 0.2) is 17.2 Å². The molecule has 4 nitrogen and oxygen atoms in total. The maximum atomic E-state index is 10.7. The lowest BCUT2D eigenvalue weighted by Crippen LogP contribution is -2.03. The summed E-state index contributed by atoms with van der Waals surface area (Å²) in [6, 6.07) is 3.32. The topological polar surface area (TPSA) is 52.1 Å². The molecule has 1 heterocycles. The van der Waals surface area contributed by atoms with Crippen molar-refractivity contribution in [2.75, 3.05) is 12.9 Å². The summed E-state index contributed by atoms with van der Waals surface area (Å²) in [7, 11) is 1.34. The van der Waals surface area contributed by atoms with Crippen LogP contribution in [-0.4, -0.2) is 29.0 Å². The molecule has 0 unspecified atom stereocenters. The lowest BCUT2D eigenvalue weighted by molar-refractivity contribution is -0.137. The normalized spacial score (nSPS) is 9.69. The van der Waals surface area contributed by atoms with Gasteiger partial charge in [0, 0.05) is 0 Å². The minimum atomic E-state index is -0.290. The number of esters is 1. The van der Waals surface area contributed by atoms with Gasteiger partial charge in [0.1, 0.15) is 5.03 Å². The third-order valence-corrected chi connectivity index (χ3v) is 2.27. The number of carbonyl (C=O) groups excluding carboxylic acids is 1. The van der Waals surface area contributed by atoms with E-state index >= 15 is 0 Å². The average molecular weight is 219 g/mol. The minimum absolute atomic E-state index is 0.229. The van der Waals surface area contributed by atoms with Crippen molar-refractivity contribution in [2.45, 2.75) is 5.03 Å². The van der Waals surface area contributed by atoms with E-state index in [4.69, 9.17) is 11.6 Å². The van der Waals surface area contributed by atoms with Gasteiger partial charge in [-0.3, -0.25) is 4.79 Å². The summed E-state index contributed by atoms with van der Waals surface area (Å²) in [4.78, 5) is 10.7. The first-order valence-corrected chi connectivity index (χ1v) is 4.77. The molecule has 0 saturated heterocycles. The summed E-state index contributed by atoms with van der Waals surface area (Å²) in [6.07, 6.45) is 0. The highest BCUT2D eigenvalue weighted by Crippen LogP contribution is 2.15. The number of nitrogens with zero attached hydrogens (tertiary/aromatic N) is 2. The van der Waals surface area contributed by atoms with Crippen molar-refractivity contribution in [1.29, 1.82) is 0 Å². The van der Waals surface area contributed by atoms with E-state index in [1.165, 1.54) is 18.9 Å². The fourth-order valence-electron chi connectivity index (χ4n) is 0.573. The fraction of sp³-hybridized carbons (Fsp3) is 0.286. The molecule has 0 fully saturated rings. The van der Waals surface area contributed by atoms with Crippen molar-refractivity contribution in [3.8, 4) is 0 Å². The molecule has 0 aliphatic carbocycles. The van der Waals surface area contributed by atoms with Gasteiger partial charge in [-0.15, -0.1) is 10.2 Å². The zero-order chi connectivity index (χ0) is 9.68.